The van der Waals surface area contributed by atoms with Gasteiger partial charge in [-0.05, 0) is 24.1 Å². The molecule has 0 saturated carbocycles. The number of anilines is 1. The summed E-state index contributed by atoms with van der Waals surface area (Å²) < 4.78 is 2.13. The second-order valence-electron chi connectivity index (χ2n) is 1.93. The van der Waals surface area contributed by atoms with Crippen LogP contribution in [-0.2, 0) is 0 Å². The third-order valence-electron chi connectivity index (χ3n) is 1.02. The van der Waals surface area contributed by atoms with E-state index in [-0.39, 0.29) is 0 Å². The normalized spacial score (nSPS) is 9.33. The van der Waals surface area contributed by atoms with Crippen LogP contribution in [0.2, 0.25) is 0 Å². The summed E-state index contributed by atoms with van der Waals surface area (Å²) in [4.78, 5) is 14.5. The van der Waals surface area contributed by atoms with Crippen LogP contribution in [0.5, 0.6) is 0 Å². The Labute approximate surface area is 73.1 Å². The van der Waals surface area contributed by atoms with Crippen LogP contribution in [-0.4, -0.2) is 16.2 Å². The predicted octanol–water partition coefficient (Wildman–Crippen LogP) is 0.939. The van der Waals surface area contributed by atoms with Crippen LogP contribution >= 0.6 is 11.9 Å². The van der Waals surface area contributed by atoms with Crippen LogP contribution < -0.4 is 10.5 Å². The quantitative estimate of drug-likeness (QED) is 0.597. The Morgan fingerprint density at radius 1 is 1.67 bits per heavy atom. The second-order valence-corrected chi connectivity index (χ2v) is 2.81. The predicted molar refractivity (Wildman–Crippen MR) is 45.7 cm³/mol. The molecule has 1 amide bonds. The van der Waals surface area contributed by atoms with Gasteiger partial charge in [-0.15, -0.1) is 0 Å². The van der Waals surface area contributed by atoms with E-state index in [1.807, 2.05) is 0 Å². The third kappa shape index (κ3) is 2.67. The fraction of sp³-hybridized carbons (Fsp3) is 0. The number of nitrogens with one attached hydrogen (secondary N) is 1. The molecular formula is C6H7N3O2S. The lowest BCUT2D eigenvalue weighted by atomic mass is 10.5. The van der Waals surface area contributed by atoms with Crippen LogP contribution in [0.25, 0.3) is 0 Å². The molecule has 0 saturated heterocycles. The Morgan fingerprint density at radius 2 is 2.42 bits per heavy atom. The maximum absolute atomic E-state index is 10.1. The summed E-state index contributed by atoms with van der Waals surface area (Å²) in [6, 6.07) is 3.29. The number of aromatic nitrogens is 1. The van der Waals surface area contributed by atoms with Crippen LogP contribution in [0.4, 0.5) is 10.6 Å². The Balaban J connectivity index is 2.53. The molecule has 6 heteroatoms. The fourth-order valence-electron chi connectivity index (χ4n) is 0.555. The third-order valence-corrected chi connectivity index (χ3v) is 1.77. The SMILES string of the molecule is Nc1ccc(SNC(=O)O)cn1. The minimum Gasteiger partial charge on any atom is -0.464 e. The van der Waals surface area contributed by atoms with Crippen LogP contribution in [0.15, 0.2) is 23.2 Å². The molecule has 0 radical (unpaired) electrons. The van der Waals surface area contributed by atoms with Crippen molar-refractivity contribution in [2.75, 3.05) is 5.73 Å². The van der Waals surface area contributed by atoms with Gasteiger partial charge in [0.25, 0.3) is 0 Å². The van der Waals surface area contributed by atoms with Crippen molar-refractivity contribution in [1.29, 1.82) is 0 Å². The van der Waals surface area contributed by atoms with Crippen molar-refractivity contribution in [3.63, 3.8) is 0 Å². The van der Waals surface area contributed by atoms with E-state index in [0.717, 1.165) is 11.9 Å². The molecule has 1 heterocycles. The molecule has 0 aromatic carbocycles. The molecular weight excluding hydrogens is 178 g/mol. The van der Waals surface area contributed by atoms with Crippen molar-refractivity contribution >= 4 is 23.9 Å². The van der Waals surface area contributed by atoms with Gasteiger partial charge in [-0.2, -0.15) is 0 Å². The average molecular weight is 185 g/mol. The zero-order chi connectivity index (χ0) is 8.97. The van der Waals surface area contributed by atoms with E-state index in [9.17, 15) is 4.79 Å². The maximum atomic E-state index is 10.1. The molecule has 0 aliphatic rings. The van der Waals surface area contributed by atoms with Crippen molar-refractivity contribution in [3.8, 4) is 0 Å². The lowest BCUT2D eigenvalue weighted by Gasteiger charge is -1.98. The number of carboxylic acid groups (broad SMARTS) is 1. The number of rotatable bonds is 2. The molecule has 1 aromatic rings. The van der Waals surface area contributed by atoms with E-state index < -0.39 is 6.09 Å². The number of nitrogens with two attached hydrogens (primary N) is 1. The zero-order valence-electron chi connectivity index (χ0n) is 6.02. The van der Waals surface area contributed by atoms with E-state index in [4.69, 9.17) is 10.8 Å². The highest BCUT2D eigenvalue weighted by Gasteiger charge is 1.97. The number of nitrogens with zero attached hydrogens (tertiary/aromatic N) is 1. The largest absolute Gasteiger partial charge is 0.464 e. The van der Waals surface area contributed by atoms with Gasteiger partial charge in [-0.1, -0.05) is 0 Å². The van der Waals surface area contributed by atoms with Crippen LogP contribution in [0.1, 0.15) is 0 Å². The summed E-state index contributed by atoms with van der Waals surface area (Å²) in [7, 11) is 0. The smallest absolute Gasteiger partial charge is 0.415 e. The van der Waals surface area contributed by atoms with Crippen molar-refractivity contribution in [1.82, 2.24) is 9.71 Å². The monoisotopic (exact) mass is 185 g/mol. The highest BCUT2D eigenvalue weighted by atomic mass is 32.2. The molecule has 0 bridgehead atoms. The van der Waals surface area contributed by atoms with Crippen molar-refractivity contribution in [2.24, 2.45) is 0 Å². The first-order valence-corrected chi connectivity index (χ1v) is 3.87. The van der Waals surface area contributed by atoms with Gasteiger partial charge >= 0.3 is 6.09 Å². The number of carbonyl (C=O) groups is 1. The van der Waals surface area contributed by atoms with E-state index >= 15 is 0 Å². The summed E-state index contributed by atoms with van der Waals surface area (Å²) in [6.45, 7) is 0. The second kappa shape index (κ2) is 3.82. The average Bonchev–Trinajstić information content (AvgIpc) is 2.03. The van der Waals surface area contributed by atoms with Gasteiger partial charge in [0.2, 0.25) is 0 Å². The fourth-order valence-corrected chi connectivity index (χ4v) is 1.00. The molecule has 0 fully saturated rings. The summed E-state index contributed by atoms with van der Waals surface area (Å²) in [5.74, 6) is 0.412. The summed E-state index contributed by atoms with van der Waals surface area (Å²) in [6.07, 6.45) is 0.410. The van der Waals surface area contributed by atoms with E-state index in [0.29, 0.717) is 10.7 Å². The zero-order valence-corrected chi connectivity index (χ0v) is 6.84. The molecule has 0 unspecified atom stereocenters. The first-order chi connectivity index (χ1) is 5.68. The molecule has 4 N–H and O–H groups in total. The number of pyridine rings is 1. The van der Waals surface area contributed by atoms with Gasteiger partial charge in [0.15, 0.2) is 0 Å². The first kappa shape index (κ1) is 8.66. The minimum absolute atomic E-state index is 0.412. The van der Waals surface area contributed by atoms with Gasteiger partial charge in [-0.25, -0.2) is 9.78 Å². The standard InChI is InChI=1S/C6H7N3O2S/c7-5-2-1-4(3-8-5)12-9-6(10)11/h1-3,9H,(H2,7,8)(H,10,11). The Morgan fingerprint density at radius 3 is 2.92 bits per heavy atom. The molecule has 1 rings (SSSR count). The number of nitrogen functional groups attached to an aromatic ring is 1. The molecule has 0 atom stereocenters. The number of amides is 1. The van der Waals surface area contributed by atoms with Crippen molar-refractivity contribution in [3.05, 3.63) is 18.3 Å². The van der Waals surface area contributed by atoms with Gasteiger partial charge in [0.1, 0.15) is 5.82 Å². The van der Waals surface area contributed by atoms with Gasteiger partial charge < -0.3 is 10.8 Å². The van der Waals surface area contributed by atoms with Gasteiger partial charge in [-0.3, -0.25) is 4.72 Å². The molecule has 1 aromatic heterocycles. The maximum Gasteiger partial charge on any atom is 0.415 e. The van der Waals surface area contributed by atoms with E-state index in [1.54, 1.807) is 12.1 Å². The number of hydrogen-bond donors (Lipinski definition) is 3. The Hall–Kier alpha value is -1.43. The van der Waals surface area contributed by atoms with E-state index in [1.165, 1.54) is 6.20 Å². The Kier molecular flexibility index (Phi) is 2.76. The molecule has 12 heavy (non-hydrogen) atoms. The van der Waals surface area contributed by atoms with Crippen LogP contribution in [0, 0.1) is 0 Å². The van der Waals surface area contributed by atoms with Crippen LogP contribution in [0.3, 0.4) is 0 Å². The molecule has 0 aliphatic heterocycles. The van der Waals surface area contributed by atoms with Crippen molar-refractivity contribution in [2.45, 2.75) is 4.90 Å². The van der Waals surface area contributed by atoms with E-state index in [2.05, 4.69) is 9.71 Å². The summed E-state index contributed by atoms with van der Waals surface area (Å²) >= 11 is 0.970. The lowest BCUT2D eigenvalue weighted by molar-refractivity contribution is 0.202. The first-order valence-electron chi connectivity index (χ1n) is 3.06. The van der Waals surface area contributed by atoms with Gasteiger partial charge in [0.05, 0.1) is 0 Å². The summed E-state index contributed by atoms with van der Waals surface area (Å²) in [5.41, 5.74) is 5.33. The highest BCUT2D eigenvalue weighted by molar-refractivity contribution is 7.98. The topological polar surface area (TPSA) is 88.2 Å². The molecule has 64 valence electrons. The van der Waals surface area contributed by atoms with Gasteiger partial charge in [0, 0.05) is 11.1 Å². The molecule has 0 aliphatic carbocycles. The molecule has 0 spiro atoms. The highest BCUT2D eigenvalue weighted by Crippen LogP contribution is 2.13. The van der Waals surface area contributed by atoms with Crippen molar-refractivity contribution < 1.29 is 9.90 Å². The minimum atomic E-state index is -1.09. The summed E-state index contributed by atoms with van der Waals surface area (Å²) in [5, 5.41) is 8.25. The number of hydrogen-bond acceptors (Lipinski definition) is 4. The Bertz CT molecular complexity index is 275. The molecule has 5 nitrogen and oxygen atoms in total. The lowest BCUT2D eigenvalue weighted by Crippen LogP contribution is -2.11.